The highest BCUT2D eigenvalue weighted by Gasteiger charge is 2.04. The number of aliphatic imine (C=N–C) groups is 1. The Bertz CT molecular complexity index is 1090. The lowest BCUT2D eigenvalue weighted by molar-refractivity contribution is 0.475. The maximum atomic E-state index is 9.32. The number of thiazole rings is 1. The molecule has 4 aromatic rings. The zero-order chi connectivity index (χ0) is 18.6. The van der Waals surface area contributed by atoms with Gasteiger partial charge in [0.05, 0.1) is 10.2 Å². The molecular weight excluding hydrogens is 360 g/mol. The lowest BCUT2D eigenvalue weighted by Gasteiger charge is -1.97. The summed E-state index contributed by atoms with van der Waals surface area (Å²) in [6.45, 7) is 0. The summed E-state index contributed by atoms with van der Waals surface area (Å²) in [6, 6.07) is 14.8. The molecule has 0 fully saturated rings. The third-order valence-electron chi connectivity index (χ3n) is 3.77. The van der Waals surface area contributed by atoms with Gasteiger partial charge in [-0.3, -0.25) is 5.10 Å². The van der Waals surface area contributed by atoms with Crippen LogP contribution in [0.5, 0.6) is 5.75 Å². The van der Waals surface area contributed by atoms with Crippen molar-refractivity contribution >= 4 is 38.6 Å². The van der Waals surface area contributed by atoms with Gasteiger partial charge in [-0.1, -0.05) is 35.6 Å². The van der Waals surface area contributed by atoms with Crippen LogP contribution in [0.1, 0.15) is 17.2 Å². The van der Waals surface area contributed by atoms with Crippen LogP contribution >= 0.6 is 11.3 Å². The van der Waals surface area contributed by atoms with Gasteiger partial charge in [0.25, 0.3) is 0 Å². The summed E-state index contributed by atoms with van der Waals surface area (Å²) < 4.78 is 1.07. The number of fused-ring (bicyclic) bond motifs is 1. The highest BCUT2D eigenvalue weighted by Crippen LogP contribution is 2.27. The van der Waals surface area contributed by atoms with Gasteiger partial charge in [0.2, 0.25) is 5.13 Å². The zero-order valence-corrected chi connectivity index (χ0v) is 15.0. The van der Waals surface area contributed by atoms with Crippen LogP contribution in [0.4, 0.5) is 5.13 Å². The second kappa shape index (κ2) is 7.38. The number of aromatic hydroxyl groups is 1. The summed E-state index contributed by atoms with van der Waals surface area (Å²) in [5.41, 5.74) is 7.89. The van der Waals surface area contributed by atoms with Gasteiger partial charge in [-0.25, -0.2) is 15.0 Å². The maximum Gasteiger partial charge on any atom is 0.212 e. The van der Waals surface area contributed by atoms with Gasteiger partial charge in [-0.15, -0.1) is 0 Å². The number of amidine groups is 1. The monoisotopic (exact) mass is 376 g/mol. The van der Waals surface area contributed by atoms with Crippen LogP contribution in [-0.4, -0.2) is 31.1 Å². The van der Waals surface area contributed by atoms with Crippen molar-refractivity contribution < 1.29 is 5.11 Å². The molecule has 8 heteroatoms. The fourth-order valence-electron chi connectivity index (χ4n) is 2.49. The van der Waals surface area contributed by atoms with Crippen LogP contribution in [0.2, 0.25) is 0 Å². The number of H-pyrrole nitrogens is 1. The van der Waals surface area contributed by atoms with Crippen LogP contribution < -0.4 is 5.73 Å². The molecule has 0 saturated heterocycles. The van der Waals surface area contributed by atoms with Gasteiger partial charge in [-0.2, -0.15) is 5.10 Å². The number of nitrogens with two attached hydrogens (primary N) is 1. The molecule has 0 aliphatic rings. The molecule has 0 bridgehead atoms. The largest absolute Gasteiger partial charge is 0.508 e. The quantitative estimate of drug-likeness (QED) is 0.365. The number of aromatic nitrogens is 4. The lowest BCUT2D eigenvalue weighted by atomic mass is 10.1. The number of aromatic amines is 1. The number of phenols is 1. The Kier molecular flexibility index (Phi) is 4.63. The molecule has 0 amide bonds. The molecule has 2 aromatic carbocycles. The third-order valence-corrected chi connectivity index (χ3v) is 4.70. The van der Waals surface area contributed by atoms with Gasteiger partial charge in [0.1, 0.15) is 17.4 Å². The zero-order valence-electron chi connectivity index (χ0n) is 14.2. The number of para-hydroxylation sites is 1. The molecule has 4 N–H and O–H groups in total. The van der Waals surface area contributed by atoms with Crippen LogP contribution in [0, 0.1) is 0 Å². The van der Waals surface area contributed by atoms with E-state index in [-0.39, 0.29) is 5.75 Å². The Balaban J connectivity index is 1.44. The molecule has 134 valence electrons. The molecule has 7 nitrogen and oxygen atoms in total. The molecule has 4 rings (SSSR count). The van der Waals surface area contributed by atoms with E-state index in [1.165, 1.54) is 11.3 Å². The first-order chi connectivity index (χ1) is 13.2. The molecule has 2 aromatic heterocycles. The van der Waals surface area contributed by atoms with Gasteiger partial charge in [0, 0.05) is 6.42 Å². The van der Waals surface area contributed by atoms with Crippen molar-refractivity contribution in [3.63, 3.8) is 0 Å². The third kappa shape index (κ3) is 4.18. The highest BCUT2D eigenvalue weighted by atomic mass is 32.1. The molecule has 0 aliphatic carbocycles. The van der Waals surface area contributed by atoms with Crippen LogP contribution in [0.25, 0.3) is 16.3 Å². The van der Waals surface area contributed by atoms with Gasteiger partial charge in [0.15, 0.2) is 5.82 Å². The van der Waals surface area contributed by atoms with Crippen molar-refractivity contribution in [2.75, 3.05) is 0 Å². The molecule has 0 atom stereocenters. The Hall–Kier alpha value is -3.52. The van der Waals surface area contributed by atoms with E-state index in [4.69, 9.17) is 5.73 Å². The van der Waals surface area contributed by atoms with Crippen LogP contribution in [0.15, 0.2) is 59.6 Å². The minimum absolute atomic E-state index is 0.239. The first kappa shape index (κ1) is 16.9. The van der Waals surface area contributed by atoms with Crippen molar-refractivity contribution in [2.24, 2.45) is 10.7 Å². The summed E-state index contributed by atoms with van der Waals surface area (Å²) in [5.74, 6) is 1.81. The number of hydrogen-bond acceptors (Lipinski definition) is 6. The molecule has 0 unspecified atom stereocenters. The number of rotatable bonds is 5. The second-order valence-corrected chi connectivity index (χ2v) is 6.83. The highest BCUT2D eigenvalue weighted by molar-refractivity contribution is 7.22. The van der Waals surface area contributed by atoms with Gasteiger partial charge in [-0.05, 0) is 42.0 Å². The molecule has 0 aliphatic heterocycles. The molecular formula is C19H16N6OS. The van der Waals surface area contributed by atoms with E-state index in [9.17, 15) is 5.11 Å². The number of phenolic OH excluding ortho intramolecular Hbond substituents is 1. The molecule has 0 spiro atoms. The van der Waals surface area contributed by atoms with E-state index < -0.39 is 0 Å². The van der Waals surface area contributed by atoms with E-state index in [0.29, 0.717) is 23.2 Å². The Morgan fingerprint density at radius 1 is 1.15 bits per heavy atom. The van der Waals surface area contributed by atoms with Gasteiger partial charge >= 0.3 is 0 Å². The Morgan fingerprint density at radius 3 is 2.78 bits per heavy atom. The average Bonchev–Trinajstić information content (AvgIpc) is 3.28. The number of benzene rings is 2. The number of hydrogen-bond donors (Lipinski definition) is 3. The van der Waals surface area contributed by atoms with E-state index >= 15 is 0 Å². The predicted octanol–water partition coefficient (Wildman–Crippen LogP) is 3.41. The van der Waals surface area contributed by atoms with Gasteiger partial charge < -0.3 is 10.8 Å². The minimum atomic E-state index is 0.239. The normalized spacial score (nSPS) is 12.2. The molecule has 27 heavy (non-hydrogen) atoms. The fourth-order valence-corrected chi connectivity index (χ4v) is 3.34. The van der Waals surface area contributed by atoms with Crippen molar-refractivity contribution in [3.05, 3.63) is 71.8 Å². The SMILES string of the molecule is NC(/C=C\c1n[nH]c(Cc2ccc(O)cc2)n1)=N\c1nc2ccccc2s1. The summed E-state index contributed by atoms with van der Waals surface area (Å²) in [6.07, 6.45) is 3.94. The summed E-state index contributed by atoms with van der Waals surface area (Å²) in [4.78, 5) is 13.1. The van der Waals surface area contributed by atoms with Crippen molar-refractivity contribution in [1.29, 1.82) is 0 Å². The average molecular weight is 376 g/mol. The first-order valence-corrected chi connectivity index (χ1v) is 9.04. The van der Waals surface area contributed by atoms with E-state index in [1.807, 2.05) is 36.4 Å². The molecule has 0 saturated carbocycles. The summed E-state index contributed by atoms with van der Waals surface area (Å²) >= 11 is 1.49. The number of nitrogens with zero attached hydrogens (tertiary/aromatic N) is 4. The Labute approximate surface area is 159 Å². The first-order valence-electron chi connectivity index (χ1n) is 8.23. The fraction of sp³-hybridized carbons (Fsp3) is 0.0526. The second-order valence-electron chi connectivity index (χ2n) is 5.82. The molecule has 2 heterocycles. The van der Waals surface area contributed by atoms with E-state index in [1.54, 1.807) is 24.3 Å². The number of nitrogens with one attached hydrogen (secondary N) is 1. The smallest absolute Gasteiger partial charge is 0.212 e. The van der Waals surface area contributed by atoms with Crippen molar-refractivity contribution in [3.8, 4) is 5.75 Å². The van der Waals surface area contributed by atoms with E-state index in [2.05, 4.69) is 25.2 Å². The Morgan fingerprint density at radius 2 is 1.96 bits per heavy atom. The van der Waals surface area contributed by atoms with Crippen LogP contribution in [0.3, 0.4) is 0 Å². The van der Waals surface area contributed by atoms with Crippen molar-refractivity contribution in [2.45, 2.75) is 6.42 Å². The summed E-state index contributed by atoms with van der Waals surface area (Å²) in [7, 11) is 0. The minimum Gasteiger partial charge on any atom is -0.508 e. The molecule has 0 radical (unpaired) electrons. The van der Waals surface area contributed by atoms with E-state index in [0.717, 1.165) is 21.6 Å². The maximum absolute atomic E-state index is 9.32. The van der Waals surface area contributed by atoms with Crippen LogP contribution in [-0.2, 0) is 6.42 Å². The summed E-state index contributed by atoms with van der Waals surface area (Å²) in [5, 5.41) is 17.0. The predicted molar refractivity (Wildman–Crippen MR) is 107 cm³/mol. The topological polar surface area (TPSA) is 113 Å². The van der Waals surface area contributed by atoms with Crippen molar-refractivity contribution in [1.82, 2.24) is 20.2 Å². The lowest BCUT2D eigenvalue weighted by Crippen LogP contribution is -2.06. The standard InChI is InChI=1S/C19H16N6OS/c20-16(22-19-21-14-3-1-2-4-15(14)27-19)9-10-17-23-18(25-24-17)11-12-5-7-13(26)8-6-12/h1-10,26H,11H2,(H2,20,21,22)(H,23,24,25)/b10-9-.